The van der Waals surface area contributed by atoms with Crippen LogP contribution < -0.4 is 10.6 Å². The molecule has 0 fully saturated rings. The lowest BCUT2D eigenvalue weighted by Crippen LogP contribution is -2.14. The number of benzene rings is 2. The molecule has 1 aliphatic rings. The Bertz CT molecular complexity index is 655. The van der Waals surface area contributed by atoms with Gasteiger partial charge in [0.25, 0.3) is 0 Å². The minimum absolute atomic E-state index is 0.0295. The zero-order chi connectivity index (χ0) is 13.9. The number of fused-ring (bicyclic) bond motifs is 1. The fourth-order valence-corrected chi connectivity index (χ4v) is 2.63. The Kier molecular flexibility index (Phi) is 3.61. The molecule has 0 unspecified atom stereocenters. The zero-order valence-corrected chi connectivity index (χ0v) is 11.7. The number of halogens is 1. The molecule has 102 valence electrons. The van der Waals surface area contributed by atoms with Gasteiger partial charge in [0.05, 0.1) is 6.42 Å². The molecule has 0 aliphatic carbocycles. The highest BCUT2D eigenvalue weighted by Crippen LogP contribution is 2.25. The quantitative estimate of drug-likeness (QED) is 0.907. The van der Waals surface area contributed by atoms with Gasteiger partial charge in [-0.2, -0.15) is 0 Å². The molecule has 20 heavy (non-hydrogen) atoms. The van der Waals surface area contributed by atoms with Crippen LogP contribution in [-0.2, 0) is 17.6 Å². The number of hydrogen-bond acceptors (Lipinski definition) is 2. The number of amides is 1. The van der Waals surface area contributed by atoms with Gasteiger partial charge in [-0.3, -0.25) is 4.79 Å². The van der Waals surface area contributed by atoms with Gasteiger partial charge >= 0.3 is 0 Å². The van der Waals surface area contributed by atoms with Crippen molar-refractivity contribution in [2.45, 2.75) is 12.8 Å². The van der Waals surface area contributed by atoms with Gasteiger partial charge in [0, 0.05) is 22.9 Å². The predicted molar refractivity (Wildman–Crippen MR) is 82.4 cm³/mol. The first kappa shape index (κ1) is 13.0. The molecule has 1 heterocycles. The second-order valence-corrected chi connectivity index (χ2v) is 5.34. The van der Waals surface area contributed by atoms with E-state index in [9.17, 15) is 4.79 Å². The van der Waals surface area contributed by atoms with E-state index in [2.05, 4.69) is 10.6 Å². The third kappa shape index (κ3) is 2.94. The molecule has 0 aromatic heterocycles. The number of rotatable bonds is 3. The number of carbonyl (C=O) groups is 1. The molecule has 2 N–H and O–H groups in total. The van der Waals surface area contributed by atoms with Crippen molar-refractivity contribution in [1.29, 1.82) is 0 Å². The van der Waals surface area contributed by atoms with Crippen molar-refractivity contribution in [2.75, 3.05) is 17.2 Å². The smallest absolute Gasteiger partial charge is 0.228 e. The SMILES string of the molecule is O=C(Cc1cccc(Cl)c1)Nc1ccc2c(c1)CCN2. The first-order chi connectivity index (χ1) is 9.70. The molecular weight excluding hydrogens is 272 g/mol. The fourth-order valence-electron chi connectivity index (χ4n) is 2.42. The highest BCUT2D eigenvalue weighted by atomic mass is 35.5. The first-order valence-corrected chi connectivity index (χ1v) is 6.99. The largest absolute Gasteiger partial charge is 0.384 e. The number of hydrogen-bond donors (Lipinski definition) is 2. The molecule has 0 radical (unpaired) electrons. The van der Waals surface area contributed by atoms with Crippen molar-refractivity contribution in [2.24, 2.45) is 0 Å². The van der Waals surface area contributed by atoms with Crippen LogP contribution in [0.5, 0.6) is 0 Å². The molecule has 0 spiro atoms. The molecule has 4 heteroatoms. The Morgan fingerprint density at radius 1 is 1.25 bits per heavy atom. The van der Waals surface area contributed by atoms with E-state index in [1.54, 1.807) is 6.07 Å². The summed E-state index contributed by atoms with van der Waals surface area (Å²) in [6.45, 7) is 0.968. The summed E-state index contributed by atoms with van der Waals surface area (Å²) in [5.74, 6) is -0.0295. The number of anilines is 2. The van der Waals surface area contributed by atoms with Crippen molar-refractivity contribution >= 4 is 28.9 Å². The molecule has 3 rings (SSSR count). The van der Waals surface area contributed by atoms with Gasteiger partial charge in [0.2, 0.25) is 5.91 Å². The molecule has 0 bridgehead atoms. The molecule has 2 aromatic carbocycles. The summed E-state index contributed by atoms with van der Waals surface area (Å²) < 4.78 is 0. The topological polar surface area (TPSA) is 41.1 Å². The Balaban J connectivity index is 1.67. The van der Waals surface area contributed by atoms with Crippen molar-refractivity contribution in [3.8, 4) is 0 Å². The maximum absolute atomic E-state index is 12.0. The van der Waals surface area contributed by atoms with E-state index in [4.69, 9.17) is 11.6 Å². The molecule has 2 aromatic rings. The molecule has 3 nitrogen and oxygen atoms in total. The van der Waals surface area contributed by atoms with Gasteiger partial charge in [0.1, 0.15) is 0 Å². The van der Waals surface area contributed by atoms with E-state index < -0.39 is 0 Å². The summed E-state index contributed by atoms with van der Waals surface area (Å²) in [6, 6.07) is 13.3. The van der Waals surface area contributed by atoms with Gasteiger partial charge < -0.3 is 10.6 Å². The average molecular weight is 287 g/mol. The minimum atomic E-state index is -0.0295. The van der Waals surface area contributed by atoms with Crippen LogP contribution in [0.2, 0.25) is 5.02 Å². The van der Waals surface area contributed by atoms with Crippen molar-refractivity contribution in [3.63, 3.8) is 0 Å². The highest BCUT2D eigenvalue weighted by molar-refractivity contribution is 6.30. The molecule has 0 atom stereocenters. The summed E-state index contributed by atoms with van der Waals surface area (Å²) in [6.07, 6.45) is 1.34. The second kappa shape index (κ2) is 5.55. The molecule has 1 amide bonds. The van der Waals surface area contributed by atoms with Crippen molar-refractivity contribution < 1.29 is 4.79 Å². The van der Waals surface area contributed by atoms with E-state index in [0.717, 1.165) is 29.9 Å². The normalized spacial score (nSPS) is 12.7. The summed E-state index contributed by atoms with van der Waals surface area (Å²) in [5.41, 5.74) is 4.18. The second-order valence-electron chi connectivity index (χ2n) is 4.90. The molecule has 1 aliphatic heterocycles. The summed E-state index contributed by atoms with van der Waals surface area (Å²) >= 11 is 5.91. The average Bonchev–Trinajstić information content (AvgIpc) is 2.86. The lowest BCUT2D eigenvalue weighted by molar-refractivity contribution is -0.115. The summed E-state index contributed by atoms with van der Waals surface area (Å²) in [5, 5.41) is 6.88. The summed E-state index contributed by atoms with van der Waals surface area (Å²) in [4.78, 5) is 12.0. The summed E-state index contributed by atoms with van der Waals surface area (Å²) in [7, 11) is 0. The molecule has 0 saturated heterocycles. The van der Waals surface area contributed by atoms with E-state index in [1.165, 1.54) is 5.56 Å². The standard InChI is InChI=1S/C16H15ClN2O/c17-13-3-1-2-11(8-13)9-16(20)19-14-4-5-15-12(10-14)6-7-18-15/h1-5,8,10,18H,6-7,9H2,(H,19,20). The minimum Gasteiger partial charge on any atom is -0.384 e. The first-order valence-electron chi connectivity index (χ1n) is 6.62. The van der Waals surface area contributed by atoms with E-state index in [1.807, 2.05) is 36.4 Å². The maximum Gasteiger partial charge on any atom is 0.228 e. The lowest BCUT2D eigenvalue weighted by atomic mass is 10.1. The third-order valence-corrected chi connectivity index (χ3v) is 3.59. The van der Waals surface area contributed by atoms with Gasteiger partial charge in [-0.25, -0.2) is 0 Å². The maximum atomic E-state index is 12.0. The van der Waals surface area contributed by atoms with Crippen molar-refractivity contribution in [1.82, 2.24) is 0 Å². The Morgan fingerprint density at radius 3 is 3.00 bits per heavy atom. The Hall–Kier alpha value is -2.00. The zero-order valence-electron chi connectivity index (χ0n) is 10.9. The Labute approximate surface area is 123 Å². The van der Waals surface area contributed by atoms with E-state index in [-0.39, 0.29) is 5.91 Å². The van der Waals surface area contributed by atoms with Gasteiger partial charge in [0.15, 0.2) is 0 Å². The van der Waals surface area contributed by atoms with Crippen LogP contribution in [0.1, 0.15) is 11.1 Å². The lowest BCUT2D eigenvalue weighted by Gasteiger charge is -2.07. The van der Waals surface area contributed by atoms with Gasteiger partial charge in [-0.1, -0.05) is 23.7 Å². The van der Waals surface area contributed by atoms with Gasteiger partial charge in [-0.05, 0) is 47.9 Å². The van der Waals surface area contributed by atoms with Crippen LogP contribution in [0.4, 0.5) is 11.4 Å². The number of carbonyl (C=O) groups excluding carboxylic acids is 1. The predicted octanol–water partition coefficient (Wildman–Crippen LogP) is 3.49. The van der Waals surface area contributed by atoms with Crippen LogP contribution >= 0.6 is 11.6 Å². The van der Waals surface area contributed by atoms with Crippen molar-refractivity contribution in [3.05, 3.63) is 58.6 Å². The molecule has 0 saturated carbocycles. The van der Waals surface area contributed by atoms with Crippen LogP contribution in [0, 0.1) is 0 Å². The monoisotopic (exact) mass is 286 g/mol. The highest BCUT2D eigenvalue weighted by Gasteiger charge is 2.11. The number of nitrogens with one attached hydrogen (secondary N) is 2. The van der Waals surface area contributed by atoms with Crippen LogP contribution in [0.25, 0.3) is 0 Å². The molecular formula is C16H15ClN2O. The van der Waals surface area contributed by atoms with Crippen LogP contribution in [0.3, 0.4) is 0 Å². The van der Waals surface area contributed by atoms with Crippen LogP contribution in [0.15, 0.2) is 42.5 Å². The third-order valence-electron chi connectivity index (χ3n) is 3.35. The fraction of sp³-hybridized carbons (Fsp3) is 0.188. The van der Waals surface area contributed by atoms with E-state index >= 15 is 0 Å². The Morgan fingerprint density at radius 2 is 2.15 bits per heavy atom. The van der Waals surface area contributed by atoms with Gasteiger partial charge in [-0.15, -0.1) is 0 Å². The van der Waals surface area contributed by atoms with Crippen LogP contribution in [-0.4, -0.2) is 12.5 Å². The van der Waals surface area contributed by atoms with E-state index in [0.29, 0.717) is 11.4 Å².